The van der Waals surface area contributed by atoms with E-state index in [0.717, 1.165) is 5.75 Å². The monoisotopic (exact) mass is 493 g/mol. The number of halogens is 2. The molecule has 3 aromatic rings. The van der Waals surface area contributed by atoms with Crippen LogP contribution < -0.4 is 15.4 Å². The highest BCUT2D eigenvalue weighted by Crippen LogP contribution is 2.23. The molecule has 32 heavy (non-hydrogen) atoms. The number of ether oxygens (including phenoxy) is 1. The highest BCUT2D eigenvalue weighted by atomic mass is 35.5. The molecule has 1 heterocycles. The van der Waals surface area contributed by atoms with Crippen LogP contribution in [0.5, 0.6) is 5.75 Å². The first-order valence-electron chi connectivity index (χ1n) is 9.64. The van der Waals surface area contributed by atoms with Crippen molar-refractivity contribution in [2.45, 2.75) is 18.6 Å². The Bertz CT molecular complexity index is 1110. The van der Waals surface area contributed by atoms with Gasteiger partial charge in [0, 0.05) is 18.3 Å². The molecular formula is C21H21Cl2N5O3S. The lowest BCUT2D eigenvalue weighted by molar-refractivity contribution is -0.113. The third kappa shape index (κ3) is 6.38. The van der Waals surface area contributed by atoms with Crippen molar-refractivity contribution >= 4 is 52.5 Å². The first-order valence-corrected chi connectivity index (χ1v) is 11.4. The number of benzene rings is 2. The second-order valence-corrected chi connectivity index (χ2v) is 8.32. The summed E-state index contributed by atoms with van der Waals surface area (Å²) >= 11 is 13.1. The molecule has 0 bridgehead atoms. The summed E-state index contributed by atoms with van der Waals surface area (Å²) in [6, 6.07) is 11.8. The Kier molecular flexibility index (Phi) is 8.38. The summed E-state index contributed by atoms with van der Waals surface area (Å²) in [5.41, 5.74) is 1.07. The van der Waals surface area contributed by atoms with E-state index < -0.39 is 0 Å². The predicted octanol–water partition coefficient (Wildman–Crippen LogP) is 4.18. The van der Waals surface area contributed by atoms with E-state index in [-0.39, 0.29) is 24.1 Å². The van der Waals surface area contributed by atoms with Gasteiger partial charge in [-0.1, -0.05) is 35.0 Å². The van der Waals surface area contributed by atoms with Crippen LogP contribution in [0.4, 0.5) is 5.69 Å². The minimum absolute atomic E-state index is 0.162. The van der Waals surface area contributed by atoms with Gasteiger partial charge in [-0.2, -0.15) is 0 Å². The standard InChI is InChI=1S/C21H21Cl2N5O3S/c1-3-31-15-7-5-14(6-8-15)25-19(29)12-32-21-27-26-18(28(21)2)11-24-20(30)13-4-9-16(22)17(23)10-13/h4-10H,3,11-12H2,1-2H3,(H,24,30)(H,25,29). The zero-order valence-electron chi connectivity index (χ0n) is 17.4. The molecule has 0 unspecified atom stereocenters. The summed E-state index contributed by atoms with van der Waals surface area (Å²) in [5.74, 6) is 0.979. The fourth-order valence-corrected chi connectivity index (χ4v) is 3.68. The Morgan fingerprint density at radius 1 is 1.09 bits per heavy atom. The number of amides is 2. The molecule has 168 valence electrons. The van der Waals surface area contributed by atoms with Crippen LogP contribution in [0.25, 0.3) is 0 Å². The number of nitrogens with one attached hydrogen (secondary N) is 2. The SMILES string of the molecule is CCOc1ccc(NC(=O)CSc2nnc(CNC(=O)c3ccc(Cl)c(Cl)c3)n2C)cc1. The molecule has 0 aliphatic carbocycles. The average molecular weight is 494 g/mol. The van der Waals surface area contributed by atoms with Crippen molar-refractivity contribution in [3.8, 4) is 5.75 Å². The van der Waals surface area contributed by atoms with Crippen molar-refractivity contribution in [1.82, 2.24) is 20.1 Å². The summed E-state index contributed by atoms with van der Waals surface area (Å²) in [4.78, 5) is 24.5. The van der Waals surface area contributed by atoms with E-state index in [0.29, 0.717) is 38.9 Å². The van der Waals surface area contributed by atoms with Gasteiger partial charge in [0.05, 0.1) is 28.9 Å². The van der Waals surface area contributed by atoms with Gasteiger partial charge in [-0.15, -0.1) is 10.2 Å². The van der Waals surface area contributed by atoms with Gasteiger partial charge in [-0.25, -0.2) is 0 Å². The zero-order valence-corrected chi connectivity index (χ0v) is 19.7. The second kappa shape index (κ2) is 11.2. The fourth-order valence-electron chi connectivity index (χ4n) is 2.65. The number of thioether (sulfide) groups is 1. The Hall–Kier alpha value is -2.75. The third-order valence-corrected chi connectivity index (χ3v) is 6.05. The van der Waals surface area contributed by atoms with Crippen LogP contribution >= 0.6 is 35.0 Å². The van der Waals surface area contributed by atoms with E-state index in [2.05, 4.69) is 20.8 Å². The molecule has 0 spiro atoms. The lowest BCUT2D eigenvalue weighted by atomic mass is 10.2. The lowest BCUT2D eigenvalue weighted by Gasteiger charge is -2.08. The van der Waals surface area contributed by atoms with Crippen LogP contribution in [0.2, 0.25) is 10.0 Å². The van der Waals surface area contributed by atoms with Crippen molar-refractivity contribution in [1.29, 1.82) is 0 Å². The fraction of sp³-hybridized carbons (Fsp3) is 0.238. The number of carbonyl (C=O) groups is 2. The Balaban J connectivity index is 1.50. The van der Waals surface area contributed by atoms with Crippen LogP contribution in [-0.4, -0.2) is 38.9 Å². The predicted molar refractivity (Wildman–Crippen MR) is 126 cm³/mol. The van der Waals surface area contributed by atoms with Crippen LogP contribution in [0.3, 0.4) is 0 Å². The number of nitrogens with zero attached hydrogens (tertiary/aromatic N) is 3. The van der Waals surface area contributed by atoms with E-state index in [4.69, 9.17) is 27.9 Å². The summed E-state index contributed by atoms with van der Waals surface area (Å²) in [7, 11) is 1.77. The highest BCUT2D eigenvalue weighted by Gasteiger charge is 2.14. The number of carbonyl (C=O) groups excluding carboxylic acids is 2. The van der Waals surface area contributed by atoms with Gasteiger partial charge in [0.15, 0.2) is 11.0 Å². The summed E-state index contributed by atoms with van der Waals surface area (Å²) < 4.78 is 7.11. The smallest absolute Gasteiger partial charge is 0.251 e. The number of rotatable bonds is 9. The maximum Gasteiger partial charge on any atom is 0.251 e. The zero-order chi connectivity index (χ0) is 23.1. The van der Waals surface area contributed by atoms with Gasteiger partial charge >= 0.3 is 0 Å². The van der Waals surface area contributed by atoms with Crippen LogP contribution in [0.15, 0.2) is 47.6 Å². The van der Waals surface area contributed by atoms with E-state index in [1.165, 1.54) is 17.8 Å². The van der Waals surface area contributed by atoms with Crippen molar-refractivity contribution in [2.75, 3.05) is 17.7 Å². The van der Waals surface area contributed by atoms with Gasteiger partial charge < -0.3 is 19.9 Å². The first kappa shape index (κ1) is 23.9. The maximum absolute atomic E-state index is 12.3. The van der Waals surface area contributed by atoms with Gasteiger partial charge in [-0.05, 0) is 49.4 Å². The molecule has 8 nitrogen and oxygen atoms in total. The normalized spacial score (nSPS) is 10.6. The van der Waals surface area contributed by atoms with Gasteiger partial charge in [0.2, 0.25) is 5.91 Å². The highest BCUT2D eigenvalue weighted by molar-refractivity contribution is 7.99. The summed E-state index contributed by atoms with van der Waals surface area (Å²) in [5, 5.41) is 15.0. The van der Waals surface area contributed by atoms with Crippen molar-refractivity contribution in [3.05, 3.63) is 63.9 Å². The minimum atomic E-state index is -0.310. The van der Waals surface area contributed by atoms with E-state index >= 15 is 0 Å². The second-order valence-electron chi connectivity index (χ2n) is 6.56. The average Bonchev–Trinajstić information content (AvgIpc) is 3.13. The van der Waals surface area contributed by atoms with Crippen molar-refractivity contribution in [3.63, 3.8) is 0 Å². The molecule has 0 aliphatic rings. The van der Waals surface area contributed by atoms with E-state index in [9.17, 15) is 9.59 Å². The number of anilines is 1. The van der Waals surface area contributed by atoms with Crippen LogP contribution in [0.1, 0.15) is 23.1 Å². The van der Waals surface area contributed by atoms with Crippen LogP contribution in [-0.2, 0) is 18.4 Å². The maximum atomic E-state index is 12.3. The molecule has 0 saturated carbocycles. The number of aromatic nitrogens is 3. The third-order valence-electron chi connectivity index (χ3n) is 4.30. The van der Waals surface area contributed by atoms with Crippen molar-refractivity contribution < 1.29 is 14.3 Å². The molecule has 0 saturated heterocycles. The summed E-state index contributed by atoms with van der Waals surface area (Å²) in [6.45, 7) is 2.66. The largest absolute Gasteiger partial charge is 0.494 e. The van der Waals surface area contributed by atoms with E-state index in [1.807, 2.05) is 6.92 Å². The Morgan fingerprint density at radius 2 is 1.84 bits per heavy atom. The molecule has 0 aliphatic heterocycles. The number of hydrogen-bond donors (Lipinski definition) is 2. The first-order chi connectivity index (χ1) is 15.4. The minimum Gasteiger partial charge on any atom is -0.494 e. The van der Waals surface area contributed by atoms with Gasteiger partial charge in [0.1, 0.15) is 5.75 Å². The van der Waals surface area contributed by atoms with E-state index in [1.54, 1.807) is 48.0 Å². The van der Waals surface area contributed by atoms with Crippen molar-refractivity contribution in [2.24, 2.45) is 7.05 Å². The molecule has 2 amide bonds. The molecule has 2 N–H and O–H groups in total. The quantitative estimate of drug-likeness (QED) is 0.433. The molecule has 0 radical (unpaired) electrons. The Morgan fingerprint density at radius 3 is 2.53 bits per heavy atom. The molecule has 3 rings (SSSR count). The molecule has 0 fully saturated rings. The lowest BCUT2D eigenvalue weighted by Crippen LogP contribution is -2.24. The van der Waals surface area contributed by atoms with Gasteiger partial charge in [-0.3, -0.25) is 9.59 Å². The van der Waals surface area contributed by atoms with Gasteiger partial charge in [0.25, 0.3) is 5.91 Å². The molecule has 1 aromatic heterocycles. The van der Waals surface area contributed by atoms with Crippen LogP contribution in [0, 0.1) is 0 Å². The Labute approximate surface area is 199 Å². The molecule has 2 aromatic carbocycles. The molecule has 0 atom stereocenters. The summed E-state index contributed by atoms with van der Waals surface area (Å²) in [6.07, 6.45) is 0. The molecular weight excluding hydrogens is 473 g/mol. The molecule has 11 heteroatoms. The number of hydrogen-bond acceptors (Lipinski definition) is 6. The topological polar surface area (TPSA) is 98.1 Å².